The fourth-order valence-electron chi connectivity index (χ4n) is 1.36. The molecule has 1 N–H and O–H groups in total. The van der Waals surface area contributed by atoms with Gasteiger partial charge in [0.15, 0.2) is 6.29 Å². The van der Waals surface area contributed by atoms with Crippen molar-refractivity contribution in [1.82, 2.24) is 0 Å². The van der Waals surface area contributed by atoms with Gasteiger partial charge in [0, 0.05) is 5.56 Å². The summed E-state index contributed by atoms with van der Waals surface area (Å²) in [5, 5.41) is 9.50. The molecule has 13 heavy (non-hydrogen) atoms. The lowest BCUT2D eigenvalue weighted by molar-refractivity contribution is -0.0584. The highest BCUT2D eigenvalue weighted by atomic mass is 16.7. The molecule has 1 heterocycles. The van der Waals surface area contributed by atoms with Crippen LogP contribution in [0, 0.1) is 0 Å². The van der Waals surface area contributed by atoms with E-state index in [9.17, 15) is 5.11 Å². The van der Waals surface area contributed by atoms with Gasteiger partial charge in [0.1, 0.15) is 5.75 Å². The summed E-state index contributed by atoms with van der Waals surface area (Å²) in [6.45, 7) is 2.53. The molecule has 1 aromatic rings. The number of hydrogen-bond donors (Lipinski definition) is 1. The summed E-state index contributed by atoms with van der Waals surface area (Å²) in [7, 11) is 0. The number of ether oxygens (including phenoxy) is 2. The molecule has 1 saturated heterocycles. The van der Waals surface area contributed by atoms with E-state index in [0.717, 1.165) is 0 Å². The number of para-hydroxylation sites is 1. The molecule has 0 aliphatic carbocycles. The first-order chi connectivity index (χ1) is 6.27. The first-order valence-electron chi connectivity index (χ1n) is 4.32. The Hall–Kier alpha value is -1.06. The van der Waals surface area contributed by atoms with E-state index in [4.69, 9.17) is 9.47 Å². The summed E-state index contributed by atoms with van der Waals surface area (Å²) in [6.07, 6.45) is -0.305. The van der Waals surface area contributed by atoms with E-state index in [2.05, 4.69) is 0 Å². The minimum atomic E-state index is -0.406. The number of hydrogen-bond acceptors (Lipinski definition) is 3. The van der Waals surface area contributed by atoms with Gasteiger partial charge in [0.2, 0.25) is 0 Å². The van der Waals surface area contributed by atoms with Crippen LogP contribution in [0.4, 0.5) is 0 Å². The quantitative estimate of drug-likeness (QED) is 0.716. The van der Waals surface area contributed by atoms with Crippen molar-refractivity contribution in [1.29, 1.82) is 0 Å². The van der Waals surface area contributed by atoms with E-state index in [1.54, 1.807) is 18.2 Å². The Morgan fingerprint density at radius 3 is 2.77 bits per heavy atom. The third kappa shape index (κ3) is 1.66. The van der Waals surface area contributed by atoms with E-state index in [1.807, 2.05) is 13.0 Å². The Kier molecular flexibility index (Phi) is 2.20. The summed E-state index contributed by atoms with van der Waals surface area (Å²) < 4.78 is 10.8. The van der Waals surface area contributed by atoms with E-state index < -0.39 is 6.29 Å². The van der Waals surface area contributed by atoms with Crippen molar-refractivity contribution in [2.45, 2.75) is 19.3 Å². The second-order valence-corrected chi connectivity index (χ2v) is 3.17. The van der Waals surface area contributed by atoms with Crippen molar-refractivity contribution in [2.75, 3.05) is 6.61 Å². The van der Waals surface area contributed by atoms with Gasteiger partial charge < -0.3 is 14.6 Å². The molecule has 0 amide bonds. The zero-order valence-electron chi connectivity index (χ0n) is 7.43. The minimum Gasteiger partial charge on any atom is -0.507 e. The molecule has 0 radical (unpaired) electrons. The molecule has 0 unspecified atom stereocenters. The van der Waals surface area contributed by atoms with Crippen LogP contribution in [0.15, 0.2) is 24.3 Å². The number of aromatic hydroxyl groups is 1. The molecule has 2 rings (SSSR count). The zero-order chi connectivity index (χ0) is 9.26. The van der Waals surface area contributed by atoms with Crippen LogP contribution in [0.3, 0.4) is 0 Å². The first-order valence-corrected chi connectivity index (χ1v) is 4.32. The molecule has 0 aromatic heterocycles. The number of phenolic OH excluding ortho intramolecular Hbond substituents is 1. The van der Waals surface area contributed by atoms with Crippen molar-refractivity contribution in [3.63, 3.8) is 0 Å². The average Bonchev–Trinajstić information content (AvgIpc) is 2.53. The summed E-state index contributed by atoms with van der Waals surface area (Å²) in [5.41, 5.74) is 0.701. The standard InChI is InChI=1S/C10H12O3/c1-7-6-12-10(13-7)8-4-2-3-5-9(8)11/h2-5,7,10-11H,6H2,1H3/t7-,10+/m0/s1. The molecule has 3 heteroatoms. The van der Waals surface area contributed by atoms with Gasteiger partial charge in [-0.25, -0.2) is 0 Å². The molecule has 3 nitrogen and oxygen atoms in total. The first kappa shape index (κ1) is 8.53. The lowest BCUT2D eigenvalue weighted by Gasteiger charge is -2.10. The lowest BCUT2D eigenvalue weighted by Crippen LogP contribution is -2.02. The minimum absolute atomic E-state index is 0.101. The van der Waals surface area contributed by atoms with Gasteiger partial charge in [-0.15, -0.1) is 0 Å². The van der Waals surface area contributed by atoms with Crippen LogP contribution < -0.4 is 0 Å². The molecular formula is C10H12O3. The number of phenols is 1. The summed E-state index contributed by atoms with van der Waals surface area (Å²) in [4.78, 5) is 0. The Morgan fingerprint density at radius 1 is 1.38 bits per heavy atom. The van der Waals surface area contributed by atoms with Gasteiger partial charge in [-0.2, -0.15) is 0 Å². The van der Waals surface area contributed by atoms with Gasteiger partial charge in [-0.3, -0.25) is 0 Å². The molecule has 1 fully saturated rings. The maximum Gasteiger partial charge on any atom is 0.187 e. The van der Waals surface area contributed by atoms with Crippen molar-refractivity contribution >= 4 is 0 Å². The smallest absolute Gasteiger partial charge is 0.187 e. The van der Waals surface area contributed by atoms with Gasteiger partial charge in [0.25, 0.3) is 0 Å². The Labute approximate surface area is 76.9 Å². The molecule has 1 aliphatic rings. The van der Waals surface area contributed by atoms with Crippen molar-refractivity contribution in [3.8, 4) is 5.75 Å². The van der Waals surface area contributed by atoms with Crippen LogP contribution in [0.2, 0.25) is 0 Å². The van der Waals surface area contributed by atoms with Gasteiger partial charge in [-0.1, -0.05) is 18.2 Å². The highest BCUT2D eigenvalue weighted by molar-refractivity contribution is 5.32. The molecular weight excluding hydrogens is 168 g/mol. The number of rotatable bonds is 1. The van der Waals surface area contributed by atoms with Gasteiger partial charge in [-0.05, 0) is 13.0 Å². The summed E-state index contributed by atoms with van der Waals surface area (Å²) >= 11 is 0. The molecule has 2 atom stereocenters. The molecule has 1 aromatic carbocycles. The van der Waals surface area contributed by atoms with Crippen molar-refractivity contribution < 1.29 is 14.6 Å². The second kappa shape index (κ2) is 3.36. The molecule has 70 valence electrons. The van der Waals surface area contributed by atoms with Crippen LogP contribution in [0.25, 0.3) is 0 Å². The van der Waals surface area contributed by atoms with Gasteiger partial charge in [0.05, 0.1) is 12.7 Å². The molecule has 1 aliphatic heterocycles. The Morgan fingerprint density at radius 2 is 2.15 bits per heavy atom. The number of benzene rings is 1. The van der Waals surface area contributed by atoms with E-state index in [1.165, 1.54) is 0 Å². The van der Waals surface area contributed by atoms with E-state index in [-0.39, 0.29) is 11.9 Å². The normalized spacial score (nSPS) is 27.8. The van der Waals surface area contributed by atoms with Crippen molar-refractivity contribution in [3.05, 3.63) is 29.8 Å². The predicted molar refractivity (Wildman–Crippen MR) is 47.3 cm³/mol. The largest absolute Gasteiger partial charge is 0.507 e. The maximum absolute atomic E-state index is 9.50. The molecule has 0 bridgehead atoms. The average molecular weight is 180 g/mol. The van der Waals surface area contributed by atoms with Crippen LogP contribution >= 0.6 is 0 Å². The third-order valence-corrected chi connectivity index (χ3v) is 2.03. The van der Waals surface area contributed by atoms with Gasteiger partial charge >= 0.3 is 0 Å². The van der Waals surface area contributed by atoms with Crippen molar-refractivity contribution in [2.24, 2.45) is 0 Å². The monoisotopic (exact) mass is 180 g/mol. The maximum atomic E-state index is 9.50. The third-order valence-electron chi connectivity index (χ3n) is 2.03. The lowest BCUT2D eigenvalue weighted by atomic mass is 10.2. The highest BCUT2D eigenvalue weighted by Crippen LogP contribution is 2.31. The fourth-order valence-corrected chi connectivity index (χ4v) is 1.36. The fraction of sp³-hybridized carbons (Fsp3) is 0.400. The van der Waals surface area contributed by atoms with E-state index in [0.29, 0.717) is 12.2 Å². The van der Waals surface area contributed by atoms with E-state index >= 15 is 0 Å². The SMILES string of the molecule is C[C@H]1CO[C@@H](c2ccccc2O)O1. The van der Waals surface area contributed by atoms with Crippen LogP contribution in [-0.4, -0.2) is 17.8 Å². The van der Waals surface area contributed by atoms with Crippen LogP contribution in [-0.2, 0) is 9.47 Å². The Balaban J connectivity index is 2.21. The van der Waals surface area contributed by atoms with Crippen LogP contribution in [0.1, 0.15) is 18.8 Å². The second-order valence-electron chi connectivity index (χ2n) is 3.17. The predicted octanol–water partition coefficient (Wildman–Crippen LogP) is 1.83. The summed E-state index contributed by atoms with van der Waals surface area (Å²) in [5.74, 6) is 0.224. The zero-order valence-corrected chi connectivity index (χ0v) is 7.43. The van der Waals surface area contributed by atoms with Crippen LogP contribution in [0.5, 0.6) is 5.75 Å². The highest BCUT2D eigenvalue weighted by Gasteiger charge is 2.25. The molecule has 0 saturated carbocycles. The molecule has 0 spiro atoms. The topological polar surface area (TPSA) is 38.7 Å². The Bertz CT molecular complexity index is 298. The summed E-state index contributed by atoms with van der Waals surface area (Å²) in [6, 6.07) is 7.06.